The van der Waals surface area contributed by atoms with Crippen LogP contribution in [0.4, 0.5) is 0 Å². The van der Waals surface area contributed by atoms with Crippen molar-refractivity contribution in [2.45, 2.75) is 58.2 Å². The molecule has 4 N–H and O–H groups in total. The van der Waals surface area contributed by atoms with Gasteiger partial charge in [0.1, 0.15) is 0 Å². The number of rotatable bonds is 5. The summed E-state index contributed by atoms with van der Waals surface area (Å²) in [6.07, 6.45) is 0. The quantitative estimate of drug-likeness (QED) is 0.535. The van der Waals surface area contributed by atoms with Gasteiger partial charge in [0.15, 0.2) is 5.85 Å². The number of aliphatic hydroxyl groups is 1. The summed E-state index contributed by atoms with van der Waals surface area (Å²) in [5.74, 6) is -1.59. The number of hydrogen-bond donors (Lipinski definition) is 3. The molecule has 0 aliphatic rings. The average Bonchev–Trinajstić information content (AvgIpc) is 2.42. The second kappa shape index (κ2) is 8.96. The van der Waals surface area contributed by atoms with E-state index in [9.17, 15) is 14.6 Å². The van der Waals surface area contributed by atoms with E-state index in [0.29, 0.717) is 5.56 Å². The van der Waals surface area contributed by atoms with Gasteiger partial charge in [0.25, 0.3) is 0 Å². The molecule has 2 unspecified atom stereocenters. The Morgan fingerprint density at radius 1 is 1.08 bits per heavy atom. The van der Waals surface area contributed by atoms with Crippen LogP contribution in [0.25, 0.3) is 0 Å². The second-order valence-corrected chi connectivity index (χ2v) is 9.78. The minimum absolute atomic E-state index is 0. The number of benzene rings is 1. The van der Waals surface area contributed by atoms with Crippen molar-refractivity contribution in [3.05, 3.63) is 34.9 Å². The molecule has 1 rings (SSSR count). The normalized spacial score (nSPS) is 16.2. The Kier molecular flexibility index (Phi) is 9.17. The van der Waals surface area contributed by atoms with Crippen LogP contribution in [0.3, 0.4) is 0 Å². The first-order valence-electron chi connectivity index (χ1n) is 7.80. The topological polar surface area (TPSA) is 92.8 Å². The van der Waals surface area contributed by atoms with Gasteiger partial charge in [0.2, 0.25) is 0 Å². The van der Waals surface area contributed by atoms with Crippen molar-refractivity contribution in [1.29, 1.82) is 0 Å². The Morgan fingerprint density at radius 3 is 1.83 bits per heavy atom. The third-order valence-corrected chi connectivity index (χ3v) is 5.16. The Morgan fingerprint density at radius 2 is 1.50 bits per heavy atom. The summed E-state index contributed by atoms with van der Waals surface area (Å²) in [5, 5.41) is 10.4. The molecule has 0 saturated heterocycles. The number of aliphatic hydroxyl groups excluding tert-OH is 1. The van der Waals surface area contributed by atoms with Crippen molar-refractivity contribution in [2.24, 2.45) is 5.73 Å². The summed E-state index contributed by atoms with van der Waals surface area (Å²) in [6.45, 7) is 12.4. The molecule has 0 fully saturated rings. The van der Waals surface area contributed by atoms with Crippen molar-refractivity contribution >= 4 is 45.3 Å². The fourth-order valence-corrected chi connectivity index (χ4v) is 3.14. The predicted molar refractivity (Wildman–Crippen MR) is 102 cm³/mol. The fraction of sp³-hybridized carbons (Fsp3) is 0.647. The summed E-state index contributed by atoms with van der Waals surface area (Å²) in [4.78, 5) is 9.98. The molecule has 2 atom stereocenters. The third-order valence-electron chi connectivity index (χ3n) is 3.69. The third kappa shape index (κ3) is 6.69. The van der Waals surface area contributed by atoms with E-state index in [-0.39, 0.29) is 61.7 Å². The molecule has 24 heavy (non-hydrogen) atoms. The van der Waals surface area contributed by atoms with E-state index in [4.69, 9.17) is 10.3 Å². The van der Waals surface area contributed by atoms with Crippen molar-refractivity contribution in [3.63, 3.8) is 0 Å². The van der Waals surface area contributed by atoms with Gasteiger partial charge in [-0.1, -0.05) is 59.7 Å². The Labute approximate surface area is 175 Å². The zero-order valence-corrected chi connectivity index (χ0v) is 15.9. The summed E-state index contributed by atoms with van der Waals surface area (Å²) in [6, 6.07) is 5.63. The van der Waals surface area contributed by atoms with E-state index in [1.807, 2.05) is 0 Å². The molecule has 5 nitrogen and oxygen atoms in total. The van der Waals surface area contributed by atoms with Gasteiger partial charge in [0.05, 0.1) is 6.61 Å². The SMILES string of the molecule is CC(C)(C)c1cc(C(O)P(=O)(O)OCCN)cc(C(C)(C)C)c1.[CaH2]. The minimum atomic E-state index is -4.19. The van der Waals surface area contributed by atoms with Crippen LogP contribution in [0, 0.1) is 0 Å². The average molecular weight is 385 g/mol. The van der Waals surface area contributed by atoms with E-state index in [1.165, 1.54) is 0 Å². The van der Waals surface area contributed by atoms with E-state index in [2.05, 4.69) is 47.6 Å². The molecular formula is C17H32CaNO4P. The van der Waals surface area contributed by atoms with Crippen LogP contribution in [0.5, 0.6) is 0 Å². The van der Waals surface area contributed by atoms with Crippen LogP contribution < -0.4 is 5.73 Å². The standard InChI is InChI=1S/C17H30NO4P.Ca.2H/c1-16(2,3)13-9-12(10-14(11-13)17(4,5)6)15(19)23(20,21)22-8-7-18;;;/h9-11,15,19H,7-8,18H2,1-6H3,(H,20,21);;;. The van der Waals surface area contributed by atoms with Gasteiger partial charge in [-0.15, -0.1) is 0 Å². The summed E-state index contributed by atoms with van der Waals surface area (Å²) in [7, 11) is -4.19. The Hall–Kier alpha value is 0.550. The van der Waals surface area contributed by atoms with Crippen molar-refractivity contribution < 1.29 is 19.1 Å². The first kappa shape index (κ1) is 24.5. The van der Waals surface area contributed by atoms with Crippen LogP contribution >= 0.6 is 7.60 Å². The Bertz CT molecular complexity index is 561. The zero-order valence-electron chi connectivity index (χ0n) is 15.0. The van der Waals surface area contributed by atoms with Crippen molar-refractivity contribution in [3.8, 4) is 0 Å². The molecule has 7 heteroatoms. The van der Waals surface area contributed by atoms with E-state index >= 15 is 0 Å². The summed E-state index contributed by atoms with van der Waals surface area (Å²) < 4.78 is 17.1. The molecule has 1 aromatic rings. The van der Waals surface area contributed by atoms with Crippen LogP contribution in [0.1, 0.15) is 64.1 Å². The maximum atomic E-state index is 12.2. The van der Waals surface area contributed by atoms with Gasteiger partial charge in [-0.2, -0.15) is 0 Å². The molecule has 0 heterocycles. The van der Waals surface area contributed by atoms with E-state index in [1.54, 1.807) is 12.1 Å². The van der Waals surface area contributed by atoms with Gasteiger partial charge in [0, 0.05) is 6.54 Å². The van der Waals surface area contributed by atoms with Gasteiger partial charge >= 0.3 is 45.3 Å². The van der Waals surface area contributed by atoms with Crippen LogP contribution in [0.15, 0.2) is 18.2 Å². The summed E-state index contributed by atoms with van der Waals surface area (Å²) in [5.41, 5.74) is 7.40. The molecule has 0 saturated carbocycles. The van der Waals surface area contributed by atoms with Gasteiger partial charge in [-0.3, -0.25) is 4.57 Å². The van der Waals surface area contributed by atoms with Gasteiger partial charge in [-0.05, 0) is 27.5 Å². The molecule has 0 aliphatic heterocycles. The van der Waals surface area contributed by atoms with Gasteiger partial charge in [-0.25, -0.2) is 0 Å². The number of hydrogen-bond acceptors (Lipinski definition) is 4. The van der Waals surface area contributed by atoms with Crippen LogP contribution in [-0.4, -0.2) is 60.9 Å². The molecule has 0 aliphatic carbocycles. The molecule has 0 amide bonds. The molecular weight excluding hydrogens is 353 g/mol. The fourth-order valence-electron chi connectivity index (χ4n) is 2.11. The van der Waals surface area contributed by atoms with Crippen molar-refractivity contribution in [2.75, 3.05) is 13.2 Å². The summed E-state index contributed by atoms with van der Waals surface area (Å²) >= 11 is 0. The second-order valence-electron chi connectivity index (χ2n) is 7.90. The van der Waals surface area contributed by atoms with Crippen LogP contribution in [0.2, 0.25) is 0 Å². The molecule has 136 valence electrons. The number of nitrogens with two attached hydrogens (primary N) is 1. The Balaban J connectivity index is 0.00000529. The molecule has 1 aromatic carbocycles. The first-order chi connectivity index (χ1) is 10.3. The van der Waals surface area contributed by atoms with Gasteiger partial charge < -0.3 is 20.3 Å². The monoisotopic (exact) mass is 385 g/mol. The molecule has 0 spiro atoms. The molecule has 0 aromatic heterocycles. The van der Waals surface area contributed by atoms with E-state index < -0.39 is 13.4 Å². The van der Waals surface area contributed by atoms with E-state index in [0.717, 1.165) is 11.1 Å². The molecule has 0 bridgehead atoms. The van der Waals surface area contributed by atoms with Crippen LogP contribution in [-0.2, 0) is 19.9 Å². The zero-order chi connectivity index (χ0) is 18.1. The first-order valence-corrected chi connectivity index (χ1v) is 9.45. The maximum absolute atomic E-state index is 12.2. The molecule has 0 radical (unpaired) electrons. The predicted octanol–water partition coefficient (Wildman–Crippen LogP) is 2.52. The van der Waals surface area contributed by atoms with Crippen molar-refractivity contribution in [1.82, 2.24) is 0 Å².